The molecule has 1 aliphatic rings. The van der Waals surface area contributed by atoms with Crippen LogP contribution >= 0.6 is 15.9 Å². The predicted molar refractivity (Wildman–Crippen MR) is 114 cm³/mol. The van der Waals surface area contributed by atoms with Crippen LogP contribution in [-0.2, 0) is 16.4 Å². The summed E-state index contributed by atoms with van der Waals surface area (Å²) >= 11 is 3.42. The van der Waals surface area contributed by atoms with Crippen molar-refractivity contribution in [2.45, 2.75) is 18.2 Å². The first-order chi connectivity index (χ1) is 13.4. The quantitative estimate of drug-likeness (QED) is 0.648. The van der Waals surface area contributed by atoms with Gasteiger partial charge in [-0.3, -0.25) is 0 Å². The Hall–Kier alpha value is -1.77. The lowest BCUT2D eigenvalue weighted by Crippen LogP contribution is -2.48. The van der Waals surface area contributed by atoms with Gasteiger partial charge in [0.2, 0.25) is 10.0 Å². The van der Waals surface area contributed by atoms with E-state index in [2.05, 4.69) is 20.8 Å². The molecule has 0 amide bonds. The average molecular weight is 469 g/mol. The smallest absolute Gasteiger partial charge is 0.243 e. The number of methoxy groups -OCH3 is 2. The van der Waals surface area contributed by atoms with Crippen molar-refractivity contribution in [3.05, 3.63) is 46.4 Å². The van der Waals surface area contributed by atoms with E-state index < -0.39 is 10.0 Å². The number of anilines is 1. The van der Waals surface area contributed by atoms with E-state index >= 15 is 0 Å². The number of ether oxygens (including phenoxy) is 2. The summed E-state index contributed by atoms with van der Waals surface area (Å²) in [5.74, 6) is 1.45. The third-order valence-electron chi connectivity index (χ3n) is 4.99. The topological polar surface area (TPSA) is 59.1 Å². The maximum absolute atomic E-state index is 13.2. The molecule has 3 rings (SSSR count). The summed E-state index contributed by atoms with van der Waals surface area (Å²) in [4.78, 5) is 2.54. The Balaban J connectivity index is 1.79. The van der Waals surface area contributed by atoms with Crippen LogP contribution in [0.25, 0.3) is 0 Å². The molecule has 1 fully saturated rings. The standard InChI is InChI=1S/C20H25BrN2O4S/c1-4-15-13-16(21)5-8-20(15)28(24,25)23-11-9-22(10-12-23)18-7-6-17(26-2)14-19(18)27-3/h5-8,13-14H,4,9-12H2,1-3H3. The number of sulfonamides is 1. The molecule has 1 aliphatic heterocycles. The molecule has 0 aromatic heterocycles. The highest BCUT2D eigenvalue weighted by Gasteiger charge is 2.30. The number of rotatable bonds is 6. The van der Waals surface area contributed by atoms with Gasteiger partial charge in [0.25, 0.3) is 0 Å². The first-order valence-electron chi connectivity index (χ1n) is 9.16. The van der Waals surface area contributed by atoms with Crippen molar-refractivity contribution in [2.24, 2.45) is 0 Å². The number of hydrogen-bond acceptors (Lipinski definition) is 5. The van der Waals surface area contributed by atoms with E-state index in [0.717, 1.165) is 27.2 Å². The molecule has 152 valence electrons. The van der Waals surface area contributed by atoms with E-state index in [1.54, 1.807) is 30.7 Å². The molecule has 1 saturated heterocycles. The number of piperazine rings is 1. The lowest BCUT2D eigenvalue weighted by molar-refractivity contribution is 0.375. The molecule has 0 aliphatic carbocycles. The van der Waals surface area contributed by atoms with E-state index in [9.17, 15) is 8.42 Å². The maximum atomic E-state index is 13.2. The van der Waals surface area contributed by atoms with Gasteiger partial charge in [-0.25, -0.2) is 8.42 Å². The minimum atomic E-state index is -3.52. The molecular formula is C20H25BrN2O4S. The molecule has 0 N–H and O–H groups in total. The SMILES string of the molecule is CCc1cc(Br)ccc1S(=O)(=O)N1CCN(c2ccc(OC)cc2OC)CC1. The second-order valence-corrected chi connectivity index (χ2v) is 9.36. The van der Waals surface area contributed by atoms with Crippen molar-refractivity contribution >= 4 is 31.6 Å². The van der Waals surface area contributed by atoms with E-state index in [1.165, 1.54) is 0 Å². The number of hydrogen-bond donors (Lipinski definition) is 0. The molecule has 0 bridgehead atoms. The first kappa shape index (κ1) is 21.0. The van der Waals surface area contributed by atoms with Crippen molar-refractivity contribution in [3.63, 3.8) is 0 Å². The number of nitrogens with zero attached hydrogens (tertiary/aromatic N) is 2. The fraction of sp³-hybridized carbons (Fsp3) is 0.400. The van der Waals surface area contributed by atoms with Crippen LogP contribution in [0.2, 0.25) is 0 Å². The van der Waals surface area contributed by atoms with Gasteiger partial charge >= 0.3 is 0 Å². The normalized spacial score (nSPS) is 15.5. The molecule has 28 heavy (non-hydrogen) atoms. The fourth-order valence-corrected chi connectivity index (χ4v) is 5.54. The minimum Gasteiger partial charge on any atom is -0.497 e. The zero-order chi connectivity index (χ0) is 20.3. The summed E-state index contributed by atoms with van der Waals surface area (Å²) in [6.07, 6.45) is 0.664. The van der Waals surface area contributed by atoms with Gasteiger partial charge in [0.05, 0.1) is 24.8 Å². The van der Waals surface area contributed by atoms with Gasteiger partial charge in [-0.1, -0.05) is 22.9 Å². The van der Waals surface area contributed by atoms with Crippen LogP contribution in [0, 0.1) is 0 Å². The molecule has 0 radical (unpaired) electrons. The second-order valence-electron chi connectivity index (χ2n) is 6.53. The summed E-state index contributed by atoms with van der Waals surface area (Å²) < 4.78 is 39.6. The zero-order valence-corrected chi connectivity index (χ0v) is 18.7. The molecule has 0 atom stereocenters. The van der Waals surface area contributed by atoms with Crippen LogP contribution in [0.4, 0.5) is 5.69 Å². The lowest BCUT2D eigenvalue weighted by atomic mass is 10.2. The Labute approximate surface area is 175 Å². The van der Waals surface area contributed by atoms with Crippen molar-refractivity contribution in [1.82, 2.24) is 4.31 Å². The number of halogens is 1. The second kappa shape index (κ2) is 8.71. The molecule has 2 aromatic carbocycles. The summed E-state index contributed by atoms with van der Waals surface area (Å²) in [6.45, 7) is 4.02. The van der Waals surface area contributed by atoms with Gasteiger partial charge in [0.15, 0.2) is 0 Å². The molecule has 0 spiro atoms. The van der Waals surface area contributed by atoms with E-state index in [-0.39, 0.29) is 0 Å². The average Bonchev–Trinajstić information content (AvgIpc) is 2.73. The van der Waals surface area contributed by atoms with Crippen LogP contribution in [0.1, 0.15) is 12.5 Å². The Kier molecular flexibility index (Phi) is 6.52. The molecule has 6 nitrogen and oxygen atoms in total. The molecule has 1 heterocycles. The Morgan fingerprint density at radius 1 is 1.00 bits per heavy atom. The monoisotopic (exact) mass is 468 g/mol. The van der Waals surface area contributed by atoms with Crippen molar-refractivity contribution in [2.75, 3.05) is 45.3 Å². The van der Waals surface area contributed by atoms with Gasteiger partial charge in [-0.05, 0) is 42.3 Å². The van der Waals surface area contributed by atoms with Gasteiger partial charge in [0, 0.05) is 36.7 Å². The molecular weight excluding hydrogens is 444 g/mol. The predicted octanol–water partition coefficient (Wildman–Crippen LogP) is 3.54. The van der Waals surface area contributed by atoms with Crippen molar-refractivity contribution in [3.8, 4) is 11.5 Å². The van der Waals surface area contributed by atoms with Crippen LogP contribution < -0.4 is 14.4 Å². The highest BCUT2D eigenvalue weighted by Crippen LogP contribution is 2.33. The first-order valence-corrected chi connectivity index (χ1v) is 11.4. The van der Waals surface area contributed by atoms with E-state index in [0.29, 0.717) is 37.5 Å². The fourth-order valence-electron chi connectivity index (χ4n) is 3.43. The highest BCUT2D eigenvalue weighted by atomic mass is 79.9. The van der Waals surface area contributed by atoms with Crippen LogP contribution in [0.5, 0.6) is 11.5 Å². The van der Waals surface area contributed by atoms with Crippen LogP contribution in [-0.4, -0.2) is 53.1 Å². The summed E-state index contributed by atoms with van der Waals surface area (Å²) in [7, 11) is -0.279. The van der Waals surface area contributed by atoms with Crippen LogP contribution in [0.3, 0.4) is 0 Å². The van der Waals surface area contributed by atoms with Gasteiger partial charge in [-0.15, -0.1) is 0 Å². The third-order valence-corrected chi connectivity index (χ3v) is 7.48. The number of aryl methyl sites for hydroxylation is 1. The zero-order valence-electron chi connectivity index (χ0n) is 16.3. The van der Waals surface area contributed by atoms with E-state index in [4.69, 9.17) is 9.47 Å². The Morgan fingerprint density at radius 2 is 1.71 bits per heavy atom. The van der Waals surface area contributed by atoms with Gasteiger partial charge < -0.3 is 14.4 Å². The number of benzene rings is 2. The van der Waals surface area contributed by atoms with Gasteiger partial charge in [-0.2, -0.15) is 4.31 Å². The largest absolute Gasteiger partial charge is 0.497 e. The molecule has 0 unspecified atom stereocenters. The lowest BCUT2D eigenvalue weighted by Gasteiger charge is -2.36. The molecule has 8 heteroatoms. The highest BCUT2D eigenvalue weighted by molar-refractivity contribution is 9.10. The Morgan fingerprint density at radius 3 is 2.32 bits per heavy atom. The molecule has 2 aromatic rings. The van der Waals surface area contributed by atoms with Gasteiger partial charge in [0.1, 0.15) is 11.5 Å². The van der Waals surface area contributed by atoms with Crippen molar-refractivity contribution < 1.29 is 17.9 Å². The maximum Gasteiger partial charge on any atom is 0.243 e. The summed E-state index contributed by atoms with van der Waals surface area (Å²) in [5.41, 5.74) is 1.77. The van der Waals surface area contributed by atoms with E-state index in [1.807, 2.05) is 31.2 Å². The third kappa shape index (κ3) is 4.14. The Bertz CT molecular complexity index is 941. The summed E-state index contributed by atoms with van der Waals surface area (Å²) in [6, 6.07) is 11.0. The van der Waals surface area contributed by atoms with Crippen LogP contribution in [0.15, 0.2) is 45.8 Å². The molecule has 0 saturated carbocycles. The van der Waals surface area contributed by atoms with Crippen molar-refractivity contribution in [1.29, 1.82) is 0 Å². The minimum absolute atomic E-state index is 0.397. The summed E-state index contributed by atoms with van der Waals surface area (Å²) in [5, 5.41) is 0.